The Morgan fingerprint density at radius 2 is 1.65 bits per heavy atom. The third-order valence-corrected chi connectivity index (χ3v) is 6.68. The van der Waals surface area contributed by atoms with Gasteiger partial charge in [0.25, 0.3) is 0 Å². The molecule has 1 aliphatic rings. The van der Waals surface area contributed by atoms with E-state index in [2.05, 4.69) is 4.98 Å². The van der Waals surface area contributed by atoms with E-state index >= 15 is 0 Å². The highest BCUT2D eigenvalue weighted by Crippen LogP contribution is 2.45. The molecule has 1 amide bonds. The van der Waals surface area contributed by atoms with E-state index in [1.807, 2.05) is 63.2 Å². The molecule has 0 bridgehead atoms. The lowest BCUT2D eigenvalue weighted by Gasteiger charge is -2.27. The molecule has 1 fully saturated rings. The summed E-state index contributed by atoms with van der Waals surface area (Å²) >= 11 is 6.25. The smallest absolute Gasteiger partial charge is 0.305 e. The van der Waals surface area contributed by atoms with Crippen molar-refractivity contribution in [3.63, 3.8) is 0 Å². The van der Waals surface area contributed by atoms with Crippen molar-refractivity contribution in [1.29, 1.82) is 0 Å². The summed E-state index contributed by atoms with van der Waals surface area (Å²) in [6.07, 6.45) is -3.61. The number of amides is 1. The molecule has 178 valence electrons. The highest BCUT2D eigenvalue weighted by Gasteiger charge is 2.44. The lowest BCUT2D eigenvalue weighted by molar-refractivity contribution is -0.141. The molecule has 1 aromatic heterocycles. The van der Waals surface area contributed by atoms with Crippen molar-refractivity contribution in [3.8, 4) is 0 Å². The Labute approximate surface area is 202 Å². The van der Waals surface area contributed by atoms with Crippen LogP contribution in [-0.2, 0) is 16.4 Å². The number of aromatic nitrogens is 1. The average Bonchev–Trinajstić information content (AvgIpc) is 3.09. The number of anilines is 1. The summed E-state index contributed by atoms with van der Waals surface area (Å²) in [6, 6.07) is 18.9. The number of nitrogens with zero attached hydrogens (tertiary/aromatic N) is 2. The molecule has 0 radical (unpaired) electrons. The largest absolute Gasteiger partial charge is 0.433 e. The van der Waals surface area contributed by atoms with Crippen LogP contribution in [0.15, 0.2) is 66.7 Å². The van der Waals surface area contributed by atoms with Gasteiger partial charge in [0.2, 0.25) is 5.91 Å². The Balaban J connectivity index is 1.67. The van der Waals surface area contributed by atoms with Crippen LogP contribution in [-0.4, -0.2) is 10.9 Å². The van der Waals surface area contributed by atoms with Gasteiger partial charge in [0.1, 0.15) is 5.69 Å². The fourth-order valence-electron chi connectivity index (χ4n) is 4.70. The molecular formula is C27H26ClF3N2O. The van der Waals surface area contributed by atoms with Crippen molar-refractivity contribution in [2.75, 3.05) is 4.90 Å². The topological polar surface area (TPSA) is 33.2 Å². The standard InChI is InChI=1S/C27H26ClF3N2O/c1-17-10-12-21(13-11-17)33-22(18-6-4-7-20(28)14-18)15-19(25(33)34)16-26(2,3)23-8-5-9-24(32-23)27(29,30)31/h4-14,19,22H,15-16H2,1-3H3/t19-,22+/m0/s1. The van der Waals surface area contributed by atoms with Crippen LogP contribution in [0.3, 0.4) is 0 Å². The lowest BCUT2D eigenvalue weighted by atomic mass is 9.78. The molecule has 0 N–H and O–H groups in total. The van der Waals surface area contributed by atoms with Crippen LogP contribution in [0.1, 0.15) is 55.2 Å². The predicted octanol–water partition coefficient (Wildman–Crippen LogP) is 7.52. The first kappa shape index (κ1) is 24.3. The highest BCUT2D eigenvalue weighted by atomic mass is 35.5. The second-order valence-corrected chi connectivity index (χ2v) is 9.98. The molecule has 0 aliphatic carbocycles. The molecule has 3 nitrogen and oxygen atoms in total. The van der Waals surface area contributed by atoms with Crippen molar-refractivity contribution < 1.29 is 18.0 Å². The van der Waals surface area contributed by atoms with Crippen LogP contribution in [0.5, 0.6) is 0 Å². The molecule has 3 aromatic rings. The maximum atomic E-state index is 13.7. The van der Waals surface area contributed by atoms with Gasteiger partial charge in [-0.15, -0.1) is 0 Å². The van der Waals surface area contributed by atoms with Crippen molar-refractivity contribution in [2.24, 2.45) is 5.92 Å². The van der Waals surface area contributed by atoms with Gasteiger partial charge >= 0.3 is 6.18 Å². The second kappa shape index (κ2) is 9.06. The van der Waals surface area contributed by atoms with Crippen molar-refractivity contribution in [1.82, 2.24) is 4.98 Å². The van der Waals surface area contributed by atoms with E-state index in [-0.39, 0.29) is 17.9 Å². The zero-order valence-electron chi connectivity index (χ0n) is 19.2. The highest BCUT2D eigenvalue weighted by molar-refractivity contribution is 6.30. The van der Waals surface area contributed by atoms with E-state index in [1.165, 1.54) is 6.07 Å². The number of pyridine rings is 1. The summed E-state index contributed by atoms with van der Waals surface area (Å²) in [6.45, 7) is 5.66. The third kappa shape index (κ3) is 4.97. The summed E-state index contributed by atoms with van der Waals surface area (Å²) in [4.78, 5) is 19.4. The Bertz CT molecular complexity index is 1190. The molecule has 7 heteroatoms. The molecule has 0 spiro atoms. The normalized spacial score (nSPS) is 19.0. The van der Waals surface area contributed by atoms with E-state index in [1.54, 1.807) is 17.0 Å². The van der Waals surface area contributed by atoms with Crippen LogP contribution in [0.4, 0.5) is 18.9 Å². The van der Waals surface area contributed by atoms with Crippen LogP contribution < -0.4 is 4.90 Å². The molecule has 4 rings (SSSR count). The zero-order valence-corrected chi connectivity index (χ0v) is 20.0. The molecule has 0 unspecified atom stereocenters. The van der Waals surface area contributed by atoms with E-state index in [4.69, 9.17) is 11.6 Å². The molecular weight excluding hydrogens is 461 g/mol. The van der Waals surface area contributed by atoms with Gasteiger partial charge in [-0.05, 0) is 61.7 Å². The first-order chi connectivity index (χ1) is 16.0. The molecule has 2 aromatic carbocycles. The number of aryl methyl sites for hydroxylation is 1. The van der Waals surface area contributed by atoms with Crippen molar-refractivity contribution >= 4 is 23.2 Å². The fourth-order valence-corrected chi connectivity index (χ4v) is 4.90. The molecule has 1 aliphatic heterocycles. The van der Waals surface area contributed by atoms with E-state index in [0.29, 0.717) is 23.6 Å². The van der Waals surface area contributed by atoms with Crippen LogP contribution in [0.2, 0.25) is 5.02 Å². The Morgan fingerprint density at radius 1 is 1.00 bits per heavy atom. The molecule has 2 atom stereocenters. The molecule has 2 heterocycles. The Hall–Kier alpha value is -2.86. The SMILES string of the molecule is Cc1ccc(N2C(=O)[C@H](CC(C)(C)c3cccc(C(F)(F)F)n3)C[C@@H]2c2cccc(Cl)c2)cc1. The van der Waals surface area contributed by atoms with Crippen LogP contribution >= 0.6 is 11.6 Å². The summed E-state index contributed by atoms with van der Waals surface area (Å²) in [7, 11) is 0. The number of hydrogen-bond donors (Lipinski definition) is 0. The number of carbonyl (C=O) groups excluding carboxylic acids is 1. The summed E-state index contributed by atoms with van der Waals surface area (Å²) < 4.78 is 39.7. The van der Waals surface area contributed by atoms with Gasteiger partial charge in [-0.3, -0.25) is 4.79 Å². The second-order valence-electron chi connectivity index (χ2n) is 9.54. The van der Waals surface area contributed by atoms with Gasteiger partial charge in [0, 0.05) is 27.7 Å². The lowest BCUT2D eigenvalue weighted by Crippen LogP contribution is -2.32. The van der Waals surface area contributed by atoms with Crippen molar-refractivity contribution in [3.05, 3.63) is 94.3 Å². The maximum absolute atomic E-state index is 13.7. The number of alkyl halides is 3. The van der Waals surface area contributed by atoms with Gasteiger partial charge in [0.05, 0.1) is 6.04 Å². The quantitative estimate of drug-likeness (QED) is 0.373. The average molecular weight is 487 g/mol. The zero-order chi connectivity index (χ0) is 24.7. The first-order valence-electron chi connectivity index (χ1n) is 11.2. The van der Waals surface area contributed by atoms with Gasteiger partial charge in [0.15, 0.2) is 0 Å². The van der Waals surface area contributed by atoms with E-state index in [9.17, 15) is 18.0 Å². The summed E-state index contributed by atoms with van der Waals surface area (Å²) in [5, 5.41) is 0.589. The minimum Gasteiger partial charge on any atom is -0.305 e. The number of hydrogen-bond acceptors (Lipinski definition) is 2. The van der Waals surface area contributed by atoms with E-state index in [0.717, 1.165) is 22.9 Å². The van der Waals surface area contributed by atoms with Gasteiger partial charge in [-0.25, -0.2) is 4.98 Å². The van der Waals surface area contributed by atoms with Crippen molar-refractivity contribution in [2.45, 2.75) is 51.2 Å². The number of benzene rings is 2. The molecule has 1 saturated heterocycles. The molecule has 34 heavy (non-hydrogen) atoms. The first-order valence-corrected chi connectivity index (χ1v) is 11.5. The van der Waals surface area contributed by atoms with Gasteiger partial charge in [-0.1, -0.05) is 61.3 Å². The Morgan fingerprint density at radius 3 is 2.29 bits per heavy atom. The van der Waals surface area contributed by atoms with Crippen LogP contribution in [0.25, 0.3) is 0 Å². The van der Waals surface area contributed by atoms with Crippen LogP contribution in [0, 0.1) is 12.8 Å². The Kier molecular flexibility index (Phi) is 6.47. The summed E-state index contributed by atoms with van der Waals surface area (Å²) in [5.74, 6) is -0.425. The number of halogens is 4. The minimum atomic E-state index is -4.52. The summed E-state index contributed by atoms with van der Waals surface area (Å²) in [5.41, 5.74) is 1.47. The molecule has 0 saturated carbocycles. The monoisotopic (exact) mass is 486 g/mol. The fraction of sp³-hybridized carbons (Fsp3) is 0.333. The number of carbonyl (C=O) groups is 1. The van der Waals surface area contributed by atoms with Gasteiger partial charge < -0.3 is 4.90 Å². The predicted molar refractivity (Wildman–Crippen MR) is 128 cm³/mol. The maximum Gasteiger partial charge on any atom is 0.433 e. The van der Waals surface area contributed by atoms with Gasteiger partial charge in [-0.2, -0.15) is 13.2 Å². The van der Waals surface area contributed by atoms with E-state index < -0.39 is 17.3 Å². The number of rotatable bonds is 5. The third-order valence-electron chi connectivity index (χ3n) is 6.44. The minimum absolute atomic E-state index is 0.0473.